The molecule has 0 fully saturated rings. The highest BCUT2D eigenvalue weighted by Crippen LogP contribution is 2.16. The van der Waals surface area contributed by atoms with Gasteiger partial charge in [-0.3, -0.25) is 4.79 Å². The molecule has 1 unspecified atom stereocenters. The molecular weight excluding hydrogens is 232 g/mol. The smallest absolute Gasteiger partial charge is 0.222 e. The summed E-state index contributed by atoms with van der Waals surface area (Å²) in [5.74, 6) is 0.191. The lowest BCUT2D eigenvalue weighted by Crippen LogP contribution is -2.30. The van der Waals surface area contributed by atoms with Gasteiger partial charge < -0.3 is 10.6 Å². The zero-order valence-corrected chi connectivity index (χ0v) is 11.7. The lowest BCUT2D eigenvalue weighted by Gasteiger charge is -2.17. The normalized spacial score (nSPS) is 12.5. The quantitative estimate of drug-likeness (QED) is 0.846. The minimum atomic E-state index is 0.104. The van der Waals surface area contributed by atoms with E-state index < -0.39 is 0 Å². The average molecular weight is 254 g/mol. The molecule has 0 radical (unpaired) electrons. The third-order valence-corrected chi connectivity index (χ3v) is 3.96. The van der Waals surface area contributed by atoms with Crippen LogP contribution in [0.4, 0.5) is 0 Å². The fourth-order valence-corrected chi connectivity index (χ4v) is 2.50. The van der Waals surface area contributed by atoms with Crippen LogP contribution >= 0.6 is 11.3 Å². The predicted octanol–water partition coefficient (Wildman–Crippen LogP) is 2.18. The van der Waals surface area contributed by atoms with Crippen LogP contribution in [0.2, 0.25) is 0 Å². The molecule has 0 saturated carbocycles. The van der Waals surface area contributed by atoms with Crippen LogP contribution in [0.1, 0.15) is 30.2 Å². The summed E-state index contributed by atoms with van der Waals surface area (Å²) in [6, 6.07) is 2.23. The minimum Gasteiger partial charge on any atom is -0.345 e. The molecule has 1 rings (SSSR count). The van der Waals surface area contributed by atoms with Gasteiger partial charge in [0.2, 0.25) is 5.91 Å². The van der Waals surface area contributed by atoms with E-state index in [2.05, 4.69) is 18.4 Å². The summed E-state index contributed by atoms with van der Waals surface area (Å²) in [6.45, 7) is 4.84. The number of hydrogen-bond acceptors (Lipinski definition) is 3. The summed E-state index contributed by atoms with van der Waals surface area (Å²) in [5, 5.41) is 2.10. The Morgan fingerprint density at radius 2 is 2.29 bits per heavy atom. The second-order valence-corrected chi connectivity index (χ2v) is 5.61. The Bertz CT molecular complexity index is 360. The van der Waals surface area contributed by atoms with Crippen molar-refractivity contribution in [3.63, 3.8) is 0 Å². The van der Waals surface area contributed by atoms with Crippen LogP contribution in [0.25, 0.3) is 0 Å². The van der Waals surface area contributed by atoms with Crippen LogP contribution in [-0.4, -0.2) is 30.4 Å². The van der Waals surface area contributed by atoms with Crippen molar-refractivity contribution in [1.82, 2.24) is 4.90 Å². The molecule has 0 bridgehead atoms. The zero-order chi connectivity index (χ0) is 12.8. The molecule has 1 heterocycles. The number of carbonyl (C=O) groups is 1. The summed E-state index contributed by atoms with van der Waals surface area (Å²) < 4.78 is 0. The summed E-state index contributed by atoms with van der Waals surface area (Å²) in [6.07, 6.45) is 2.27. The number of nitrogens with two attached hydrogens (primary N) is 1. The second kappa shape index (κ2) is 6.77. The molecule has 1 amide bonds. The van der Waals surface area contributed by atoms with E-state index in [0.717, 1.165) is 19.4 Å². The fraction of sp³-hybridized carbons (Fsp3) is 0.615. The van der Waals surface area contributed by atoms with Crippen molar-refractivity contribution in [3.8, 4) is 0 Å². The highest BCUT2D eigenvalue weighted by Gasteiger charge is 2.10. The fourth-order valence-electron chi connectivity index (χ4n) is 1.60. The molecule has 0 aliphatic carbocycles. The van der Waals surface area contributed by atoms with E-state index in [0.29, 0.717) is 6.42 Å². The summed E-state index contributed by atoms with van der Waals surface area (Å²) in [5.41, 5.74) is 6.97. The Kier molecular flexibility index (Phi) is 5.65. The number of aryl methyl sites for hydroxylation is 1. The number of rotatable bonds is 6. The summed E-state index contributed by atoms with van der Waals surface area (Å²) >= 11 is 1.76. The number of likely N-dealkylation sites (N-methyl/N-ethyl adjacent to an activating group) is 1. The van der Waals surface area contributed by atoms with Crippen molar-refractivity contribution in [1.29, 1.82) is 0 Å². The van der Waals surface area contributed by atoms with E-state index in [1.807, 2.05) is 18.9 Å². The van der Waals surface area contributed by atoms with E-state index in [1.165, 1.54) is 10.4 Å². The van der Waals surface area contributed by atoms with Gasteiger partial charge in [0.15, 0.2) is 0 Å². The van der Waals surface area contributed by atoms with Crippen LogP contribution in [0.3, 0.4) is 0 Å². The van der Waals surface area contributed by atoms with E-state index in [-0.39, 0.29) is 11.9 Å². The molecule has 1 atom stereocenters. The topological polar surface area (TPSA) is 46.3 Å². The number of hydrogen-bond donors (Lipinski definition) is 1. The zero-order valence-electron chi connectivity index (χ0n) is 10.9. The molecular formula is C13H22N2OS. The minimum absolute atomic E-state index is 0.104. The molecule has 3 nitrogen and oxygen atoms in total. The Labute approximate surface area is 108 Å². The van der Waals surface area contributed by atoms with Crippen molar-refractivity contribution < 1.29 is 4.79 Å². The third-order valence-electron chi connectivity index (χ3n) is 2.88. The molecule has 1 aromatic heterocycles. The Balaban J connectivity index is 2.31. The van der Waals surface area contributed by atoms with Crippen LogP contribution in [-0.2, 0) is 11.2 Å². The second-order valence-electron chi connectivity index (χ2n) is 4.61. The molecule has 2 N–H and O–H groups in total. The largest absolute Gasteiger partial charge is 0.345 e. The Morgan fingerprint density at radius 3 is 2.82 bits per heavy atom. The first-order valence-electron chi connectivity index (χ1n) is 6.03. The van der Waals surface area contributed by atoms with E-state index in [4.69, 9.17) is 5.73 Å². The van der Waals surface area contributed by atoms with Gasteiger partial charge >= 0.3 is 0 Å². The van der Waals surface area contributed by atoms with Gasteiger partial charge in [0.05, 0.1) is 0 Å². The average Bonchev–Trinajstić information content (AvgIpc) is 2.68. The molecule has 0 aromatic carbocycles. The van der Waals surface area contributed by atoms with Gasteiger partial charge in [-0.1, -0.05) is 0 Å². The number of carbonyl (C=O) groups excluding carboxylic acids is 1. The maximum absolute atomic E-state index is 11.8. The molecule has 17 heavy (non-hydrogen) atoms. The molecule has 0 spiro atoms. The van der Waals surface area contributed by atoms with E-state index in [9.17, 15) is 4.79 Å². The van der Waals surface area contributed by atoms with Crippen molar-refractivity contribution in [2.24, 2.45) is 5.73 Å². The van der Waals surface area contributed by atoms with Crippen molar-refractivity contribution >= 4 is 17.2 Å². The predicted molar refractivity (Wildman–Crippen MR) is 73.3 cm³/mol. The highest BCUT2D eigenvalue weighted by molar-refractivity contribution is 7.10. The van der Waals surface area contributed by atoms with Crippen LogP contribution in [0, 0.1) is 6.92 Å². The van der Waals surface area contributed by atoms with E-state index >= 15 is 0 Å². The van der Waals surface area contributed by atoms with Crippen molar-refractivity contribution in [2.45, 2.75) is 39.2 Å². The lowest BCUT2D eigenvalue weighted by molar-refractivity contribution is -0.130. The molecule has 4 heteroatoms. The lowest BCUT2D eigenvalue weighted by atomic mass is 10.2. The Hall–Kier alpha value is -0.870. The third kappa shape index (κ3) is 4.88. The SMILES string of the molecule is Cc1ccsc1CCN(C)C(=O)CCC(C)N. The number of amides is 1. The number of nitrogens with zero attached hydrogens (tertiary/aromatic N) is 1. The van der Waals surface area contributed by atoms with Gasteiger partial charge in [0, 0.05) is 30.9 Å². The van der Waals surface area contributed by atoms with Gasteiger partial charge in [-0.05, 0) is 43.7 Å². The monoisotopic (exact) mass is 254 g/mol. The van der Waals surface area contributed by atoms with Gasteiger partial charge in [-0.2, -0.15) is 0 Å². The molecule has 96 valence electrons. The first kappa shape index (κ1) is 14.2. The number of thiophene rings is 1. The maximum Gasteiger partial charge on any atom is 0.222 e. The maximum atomic E-state index is 11.8. The first-order chi connectivity index (χ1) is 8.00. The summed E-state index contributed by atoms with van der Waals surface area (Å²) in [7, 11) is 1.87. The van der Waals surface area contributed by atoms with Crippen molar-refractivity contribution in [2.75, 3.05) is 13.6 Å². The van der Waals surface area contributed by atoms with Gasteiger partial charge in [-0.15, -0.1) is 11.3 Å². The van der Waals surface area contributed by atoms with Gasteiger partial charge in [0.1, 0.15) is 0 Å². The molecule has 0 aliphatic rings. The standard InChI is InChI=1S/C13H22N2OS/c1-10-7-9-17-12(10)6-8-15(3)13(16)5-4-11(2)14/h7,9,11H,4-6,8,14H2,1-3H3. The van der Waals surface area contributed by atoms with Gasteiger partial charge in [-0.25, -0.2) is 0 Å². The van der Waals surface area contributed by atoms with E-state index in [1.54, 1.807) is 11.3 Å². The molecule has 0 saturated heterocycles. The Morgan fingerprint density at radius 1 is 1.59 bits per heavy atom. The summed E-state index contributed by atoms with van der Waals surface area (Å²) in [4.78, 5) is 14.9. The van der Waals surface area contributed by atoms with Crippen molar-refractivity contribution in [3.05, 3.63) is 21.9 Å². The highest BCUT2D eigenvalue weighted by atomic mass is 32.1. The van der Waals surface area contributed by atoms with Crippen LogP contribution in [0.15, 0.2) is 11.4 Å². The first-order valence-corrected chi connectivity index (χ1v) is 6.91. The van der Waals surface area contributed by atoms with Crippen LogP contribution in [0.5, 0.6) is 0 Å². The van der Waals surface area contributed by atoms with Crippen LogP contribution < -0.4 is 5.73 Å². The molecule has 1 aromatic rings. The van der Waals surface area contributed by atoms with Gasteiger partial charge in [0.25, 0.3) is 0 Å². The molecule has 0 aliphatic heterocycles.